The van der Waals surface area contributed by atoms with Crippen LogP contribution in [0.15, 0.2) is 54.9 Å². The van der Waals surface area contributed by atoms with Crippen molar-refractivity contribution in [3.8, 4) is 22.3 Å². The minimum Gasteiger partial charge on any atom is -0.393 e. The van der Waals surface area contributed by atoms with Crippen molar-refractivity contribution in [2.45, 2.75) is 51.3 Å². The Hall–Kier alpha value is -3.26. The lowest BCUT2D eigenvalue weighted by molar-refractivity contribution is -0.140. The van der Waals surface area contributed by atoms with E-state index in [0.29, 0.717) is 42.6 Å². The van der Waals surface area contributed by atoms with E-state index in [1.165, 1.54) is 24.4 Å². The predicted molar refractivity (Wildman–Crippen MR) is 128 cm³/mol. The van der Waals surface area contributed by atoms with E-state index in [1.807, 2.05) is 26.8 Å². The van der Waals surface area contributed by atoms with Gasteiger partial charge in [-0.3, -0.25) is 14.8 Å². The molecule has 1 aliphatic heterocycles. The Balaban J connectivity index is 1.70. The van der Waals surface area contributed by atoms with E-state index in [2.05, 4.69) is 9.97 Å². The van der Waals surface area contributed by atoms with E-state index in [0.717, 1.165) is 11.3 Å². The number of carbonyl (C=O) groups excluding carboxylic acids is 1. The summed E-state index contributed by atoms with van der Waals surface area (Å²) in [6, 6.07) is 11.2. The molecule has 0 unspecified atom stereocenters. The number of amides is 1. The zero-order chi connectivity index (χ0) is 25.4. The lowest BCUT2D eigenvalue weighted by atomic mass is 9.90. The van der Waals surface area contributed by atoms with Gasteiger partial charge < -0.3 is 10.0 Å². The summed E-state index contributed by atoms with van der Waals surface area (Å²) < 4.78 is 41.5. The largest absolute Gasteiger partial charge is 0.433 e. The molecule has 3 heterocycles. The quantitative estimate of drug-likeness (QED) is 0.517. The van der Waals surface area contributed by atoms with Gasteiger partial charge in [0.25, 0.3) is 5.91 Å². The third-order valence-electron chi connectivity index (χ3n) is 6.21. The fourth-order valence-corrected chi connectivity index (χ4v) is 4.13. The number of pyridine rings is 2. The molecule has 4 rings (SSSR count). The standard InChI is InChI=1S/C27H28F3N3O2/c1-26(2,3)23-15-19(8-11-31-23)20-14-22(24(32-16-20)27(28,29)30)17-4-6-18(7-5-17)25(35)33-12-9-21(34)10-13-33/h4-8,11,14-16,21,34H,9-10,12-13H2,1-3H3. The molecule has 1 amide bonds. The Morgan fingerprint density at radius 2 is 1.60 bits per heavy atom. The maximum absolute atomic E-state index is 13.8. The van der Waals surface area contributed by atoms with Gasteiger partial charge in [0.1, 0.15) is 0 Å². The number of hydrogen-bond acceptors (Lipinski definition) is 4. The molecule has 2 aromatic heterocycles. The Morgan fingerprint density at radius 1 is 0.943 bits per heavy atom. The molecule has 1 aliphatic rings. The van der Waals surface area contributed by atoms with Crippen molar-refractivity contribution in [1.82, 2.24) is 14.9 Å². The first-order valence-corrected chi connectivity index (χ1v) is 11.6. The van der Waals surface area contributed by atoms with Crippen LogP contribution in [0.1, 0.15) is 55.4 Å². The Kier molecular flexibility index (Phi) is 6.68. The number of likely N-dealkylation sites (tertiary alicyclic amines) is 1. The molecule has 0 atom stereocenters. The maximum Gasteiger partial charge on any atom is 0.433 e. The number of benzene rings is 1. The molecule has 1 fully saturated rings. The lowest BCUT2D eigenvalue weighted by Gasteiger charge is -2.29. The van der Waals surface area contributed by atoms with Crippen LogP contribution < -0.4 is 0 Å². The number of hydrogen-bond donors (Lipinski definition) is 1. The van der Waals surface area contributed by atoms with Gasteiger partial charge in [0.05, 0.1) is 6.10 Å². The van der Waals surface area contributed by atoms with Crippen molar-refractivity contribution in [3.63, 3.8) is 0 Å². The van der Waals surface area contributed by atoms with E-state index in [-0.39, 0.29) is 16.9 Å². The van der Waals surface area contributed by atoms with Gasteiger partial charge in [-0.05, 0) is 54.3 Å². The second kappa shape index (κ2) is 9.41. The van der Waals surface area contributed by atoms with Crippen molar-refractivity contribution in [2.75, 3.05) is 13.1 Å². The Labute approximate surface area is 202 Å². The predicted octanol–water partition coefficient (Wildman–Crippen LogP) is 5.72. The Bertz CT molecular complexity index is 1210. The number of halogens is 3. The molecule has 3 aromatic rings. The van der Waals surface area contributed by atoms with E-state index < -0.39 is 18.0 Å². The third kappa shape index (κ3) is 5.53. The maximum atomic E-state index is 13.8. The molecular weight excluding hydrogens is 455 g/mol. The molecule has 1 N–H and O–H groups in total. The van der Waals surface area contributed by atoms with Gasteiger partial charge in [-0.15, -0.1) is 0 Å². The van der Waals surface area contributed by atoms with Gasteiger partial charge in [0, 0.05) is 53.3 Å². The van der Waals surface area contributed by atoms with E-state index in [9.17, 15) is 23.1 Å². The Morgan fingerprint density at radius 3 is 2.20 bits per heavy atom. The molecule has 8 heteroatoms. The highest BCUT2D eigenvalue weighted by Gasteiger charge is 2.36. The van der Waals surface area contributed by atoms with Gasteiger partial charge >= 0.3 is 6.18 Å². The SMILES string of the molecule is CC(C)(C)c1cc(-c2cnc(C(F)(F)F)c(-c3ccc(C(=O)N4CCC(O)CC4)cc3)c2)ccn1. The number of piperidine rings is 1. The fourth-order valence-electron chi connectivity index (χ4n) is 4.13. The van der Waals surface area contributed by atoms with Gasteiger partial charge in [-0.25, -0.2) is 0 Å². The molecule has 1 aromatic carbocycles. The van der Waals surface area contributed by atoms with Crippen molar-refractivity contribution in [1.29, 1.82) is 0 Å². The average Bonchev–Trinajstić information content (AvgIpc) is 2.83. The van der Waals surface area contributed by atoms with Crippen LogP contribution in [0.5, 0.6) is 0 Å². The number of aliphatic hydroxyl groups is 1. The summed E-state index contributed by atoms with van der Waals surface area (Å²) in [5.74, 6) is -0.196. The van der Waals surface area contributed by atoms with Crippen molar-refractivity contribution in [2.24, 2.45) is 0 Å². The summed E-state index contributed by atoms with van der Waals surface area (Å²) in [6.45, 7) is 6.96. The number of rotatable bonds is 3. The van der Waals surface area contributed by atoms with Crippen LogP contribution in [0.25, 0.3) is 22.3 Å². The van der Waals surface area contributed by atoms with E-state index in [1.54, 1.807) is 29.3 Å². The highest BCUT2D eigenvalue weighted by Crippen LogP contribution is 2.38. The monoisotopic (exact) mass is 483 g/mol. The van der Waals surface area contributed by atoms with Crippen molar-refractivity contribution in [3.05, 3.63) is 71.8 Å². The molecule has 35 heavy (non-hydrogen) atoms. The minimum absolute atomic E-state index is 0.0517. The molecule has 184 valence electrons. The van der Waals surface area contributed by atoms with Crippen LogP contribution in [0, 0.1) is 0 Å². The van der Waals surface area contributed by atoms with Gasteiger partial charge in [-0.1, -0.05) is 32.9 Å². The van der Waals surface area contributed by atoms with Crippen LogP contribution in [-0.2, 0) is 11.6 Å². The smallest absolute Gasteiger partial charge is 0.393 e. The average molecular weight is 484 g/mol. The van der Waals surface area contributed by atoms with Crippen molar-refractivity contribution < 1.29 is 23.1 Å². The summed E-state index contributed by atoms with van der Waals surface area (Å²) in [5.41, 5.74) is 1.57. The topological polar surface area (TPSA) is 66.3 Å². The third-order valence-corrected chi connectivity index (χ3v) is 6.21. The first kappa shape index (κ1) is 24.9. The van der Waals surface area contributed by atoms with Crippen LogP contribution >= 0.6 is 0 Å². The molecular formula is C27H28F3N3O2. The molecule has 0 bridgehead atoms. The number of carbonyl (C=O) groups is 1. The van der Waals surface area contributed by atoms with Gasteiger partial charge in [0.15, 0.2) is 5.69 Å². The zero-order valence-corrected chi connectivity index (χ0v) is 19.9. The van der Waals surface area contributed by atoms with Gasteiger partial charge in [0.2, 0.25) is 0 Å². The van der Waals surface area contributed by atoms with E-state index in [4.69, 9.17) is 0 Å². The molecule has 0 radical (unpaired) electrons. The molecule has 1 saturated heterocycles. The number of nitrogens with zero attached hydrogens (tertiary/aromatic N) is 3. The summed E-state index contributed by atoms with van der Waals surface area (Å²) in [6.07, 6.45) is -1.12. The summed E-state index contributed by atoms with van der Waals surface area (Å²) in [5, 5.41) is 9.65. The highest BCUT2D eigenvalue weighted by atomic mass is 19.4. The molecule has 5 nitrogen and oxygen atoms in total. The second-order valence-electron chi connectivity index (χ2n) is 9.90. The second-order valence-corrected chi connectivity index (χ2v) is 9.90. The van der Waals surface area contributed by atoms with Gasteiger partial charge in [-0.2, -0.15) is 13.2 Å². The first-order valence-electron chi connectivity index (χ1n) is 11.6. The number of alkyl halides is 3. The van der Waals surface area contributed by atoms with Crippen LogP contribution in [0.4, 0.5) is 13.2 Å². The van der Waals surface area contributed by atoms with E-state index >= 15 is 0 Å². The summed E-state index contributed by atoms with van der Waals surface area (Å²) in [4.78, 5) is 22.6. The molecule has 0 spiro atoms. The van der Waals surface area contributed by atoms with Crippen LogP contribution in [0.3, 0.4) is 0 Å². The van der Waals surface area contributed by atoms with Crippen molar-refractivity contribution >= 4 is 5.91 Å². The highest BCUT2D eigenvalue weighted by molar-refractivity contribution is 5.95. The minimum atomic E-state index is -4.63. The zero-order valence-electron chi connectivity index (χ0n) is 19.9. The molecule has 0 saturated carbocycles. The summed E-state index contributed by atoms with van der Waals surface area (Å²) in [7, 11) is 0. The van der Waals surface area contributed by atoms with Crippen LogP contribution in [0.2, 0.25) is 0 Å². The van der Waals surface area contributed by atoms with Crippen LogP contribution in [-0.4, -0.2) is 45.1 Å². The number of aromatic nitrogens is 2. The normalized spacial score (nSPS) is 15.3. The molecule has 0 aliphatic carbocycles. The fraction of sp³-hybridized carbons (Fsp3) is 0.370. The lowest BCUT2D eigenvalue weighted by Crippen LogP contribution is -2.40. The first-order chi connectivity index (χ1) is 16.4. The summed E-state index contributed by atoms with van der Waals surface area (Å²) >= 11 is 0. The number of aliphatic hydroxyl groups excluding tert-OH is 1.